The highest BCUT2D eigenvalue weighted by Crippen LogP contribution is 2.34. The first-order valence-electron chi connectivity index (χ1n) is 6.80. The van der Waals surface area contributed by atoms with Crippen molar-refractivity contribution in [2.75, 3.05) is 6.61 Å². The van der Waals surface area contributed by atoms with Gasteiger partial charge in [0.25, 0.3) is 0 Å². The molecule has 1 nitrogen and oxygen atoms in total. The highest BCUT2D eigenvalue weighted by atomic mass is 79.9. The standard InChI is InChI=1S/C17H18BrClO/c1-3-12-5-7-13(8-6-12)17(19)14-9-10-16(20-4-2)15(18)11-14/h5-11,17H,3-4H2,1-2H3. The van der Waals surface area contributed by atoms with Crippen molar-refractivity contribution in [2.45, 2.75) is 25.6 Å². The zero-order valence-electron chi connectivity index (χ0n) is 11.7. The van der Waals surface area contributed by atoms with E-state index in [1.165, 1.54) is 5.56 Å². The van der Waals surface area contributed by atoms with Crippen LogP contribution in [-0.2, 0) is 6.42 Å². The predicted molar refractivity (Wildman–Crippen MR) is 88.8 cm³/mol. The van der Waals surface area contributed by atoms with E-state index in [1.807, 2.05) is 25.1 Å². The number of alkyl halides is 1. The van der Waals surface area contributed by atoms with Gasteiger partial charge in [-0.3, -0.25) is 0 Å². The van der Waals surface area contributed by atoms with Crippen molar-refractivity contribution in [2.24, 2.45) is 0 Å². The number of benzene rings is 2. The molecule has 106 valence electrons. The molecule has 3 heteroatoms. The van der Waals surface area contributed by atoms with E-state index in [9.17, 15) is 0 Å². The molecular formula is C17H18BrClO. The lowest BCUT2D eigenvalue weighted by Crippen LogP contribution is -1.96. The van der Waals surface area contributed by atoms with Crippen LogP contribution in [0.5, 0.6) is 5.75 Å². The van der Waals surface area contributed by atoms with Gasteiger partial charge in [-0.15, -0.1) is 11.6 Å². The molecule has 0 fully saturated rings. The third-order valence-corrected chi connectivity index (χ3v) is 4.35. The van der Waals surface area contributed by atoms with E-state index in [2.05, 4.69) is 47.1 Å². The van der Waals surface area contributed by atoms with Crippen LogP contribution in [0.3, 0.4) is 0 Å². The summed E-state index contributed by atoms with van der Waals surface area (Å²) in [6.07, 6.45) is 1.04. The molecular weight excluding hydrogens is 336 g/mol. The second-order valence-electron chi connectivity index (χ2n) is 4.58. The first kappa shape index (κ1) is 15.4. The fraction of sp³-hybridized carbons (Fsp3) is 0.294. The maximum absolute atomic E-state index is 6.57. The molecule has 0 N–H and O–H groups in total. The Morgan fingerprint density at radius 1 is 1.05 bits per heavy atom. The number of halogens is 2. The lowest BCUT2D eigenvalue weighted by Gasteiger charge is -2.13. The summed E-state index contributed by atoms with van der Waals surface area (Å²) in [6, 6.07) is 14.5. The molecule has 1 atom stereocenters. The Morgan fingerprint density at radius 3 is 2.25 bits per heavy atom. The monoisotopic (exact) mass is 352 g/mol. The van der Waals surface area contributed by atoms with Gasteiger partial charge in [0.05, 0.1) is 16.5 Å². The van der Waals surface area contributed by atoms with E-state index >= 15 is 0 Å². The van der Waals surface area contributed by atoms with Gasteiger partial charge < -0.3 is 4.74 Å². The number of aryl methyl sites for hydroxylation is 1. The maximum atomic E-state index is 6.57. The molecule has 0 amide bonds. The summed E-state index contributed by atoms with van der Waals surface area (Å²) in [5.41, 5.74) is 3.50. The fourth-order valence-electron chi connectivity index (χ4n) is 2.06. The van der Waals surface area contributed by atoms with Crippen molar-refractivity contribution in [1.82, 2.24) is 0 Å². The Balaban J connectivity index is 2.23. The molecule has 0 saturated heterocycles. The molecule has 0 bridgehead atoms. The van der Waals surface area contributed by atoms with E-state index in [4.69, 9.17) is 16.3 Å². The van der Waals surface area contributed by atoms with E-state index in [1.54, 1.807) is 0 Å². The SMILES string of the molecule is CCOc1ccc(C(Cl)c2ccc(CC)cc2)cc1Br. The summed E-state index contributed by atoms with van der Waals surface area (Å²) in [5, 5.41) is -0.145. The summed E-state index contributed by atoms with van der Waals surface area (Å²) >= 11 is 10.1. The molecule has 0 radical (unpaired) electrons. The molecule has 20 heavy (non-hydrogen) atoms. The summed E-state index contributed by atoms with van der Waals surface area (Å²) in [5.74, 6) is 0.849. The van der Waals surface area contributed by atoms with Crippen LogP contribution in [-0.4, -0.2) is 6.61 Å². The number of hydrogen-bond acceptors (Lipinski definition) is 1. The van der Waals surface area contributed by atoms with Crippen molar-refractivity contribution >= 4 is 27.5 Å². The van der Waals surface area contributed by atoms with Crippen molar-refractivity contribution in [3.05, 3.63) is 63.6 Å². The molecule has 1 unspecified atom stereocenters. The quantitative estimate of drug-likeness (QED) is 0.623. The maximum Gasteiger partial charge on any atom is 0.133 e. The van der Waals surface area contributed by atoms with Gasteiger partial charge in [0.15, 0.2) is 0 Å². The van der Waals surface area contributed by atoms with Gasteiger partial charge in [0, 0.05) is 0 Å². The second-order valence-corrected chi connectivity index (χ2v) is 5.87. The smallest absolute Gasteiger partial charge is 0.133 e. The van der Waals surface area contributed by atoms with E-state index < -0.39 is 0 Å². The largest absolute Gasteiger partial charge is 0.493 e. The molecule has 0 aromatic heterocycles. The van der Waals surface area contributed by atoms with Gasteiger partial charge in [0.2, 0.25) is 0 Å². The Kier molecular flexibility index (Phi) is 5.50. The topological polar surface area (TPSA) is 9.23 Å². The minimum absolute atomic E-state index is 0.145. The minimum Gasteiger partial charge on any atom is -0.493 e. The van der Waals surface area contributed by atoms with Crippen LogP contribution in [0.1, 0.15) is 35.9 Å². The first-order valence-corrected chi connectivity index (χ1v) is 8.03. The van der Waals surface area contributed by atoms with Crippen LogP contribution in [0.4, 0.5) is 0 Å². The van der Waals surface area contributed by atoms with Crippen LogP contribution in [0.15, 0.2) is 46.9 Å². The third-order valence-electron chi connectivity index (χ3n) is 3.23. The molecule has 0 spiro atoms. The Bertz CT molecular complexity index is 566. The summed E-state index contributed by atoms with van der Waals surface area (Å²) in [7, 11) is 0. The number of ether oxygens (including phenoxy) is 1. The molecule has 2 aromatic carbocycles. The average molecular weight is 354 g/mol. The molecule has 0 heterocycles. The van der Waals surface area contributed by atoms with Gasteiger partial charge in [0.1, 0.15) is 5.75 Å². The van der Waals surface area contributed by atoms with Crippen molar-refractivity contribution < 1.29 is 4.74 Å². The Morgan fingerprint density at radius 2 is 1.70 bits per heavy atom. The van der Waals surface area contributed by atoms with Crippen LogP contribution in [0, 0.1) is 0 Å². The highest BCUT2D eigenvalue weighted by molar-refractivity contribution is 9.10. The third kappa shape index (κ3) is 3.56. The molecule has 0 aliphatic carbocycles. The van der Waals surface area contributed by atoms with Crippen LogP contribution in [0.25, 0.3) is 0 Å². The van der Waals surface area contributed by atoms with Crippen molar-refractivity contribution in [3.63, 3.8) is 0 Å². The summed E-state index contributed by atoms with van der Waals surface area (Å²) < 4.78 is 6.46. The molecule has 2 rings (SSSR count). The van der Waals surface area contributed by atoms with Crippen LogP contribution in [0.2, 0.25) is 0 Å². The minimum atomic E-state index is -0.145. The Hall–Kier alpha value is -0.990. The highest BCUT2D eigenvalue weighted by Gasteiger charge is 2.12. The van der Waals surface area contributed by atoms with Crippen LogP contribution >= 0.6 is 27.5 Å². The molecule has 0 saturated carbocycles. The lowest BCUT2D eigenvalue weighted by atomic mass is 10.0. The molecule has 0 aliphatic rings. The van der Waals surface area contributed by atoms with Gasteiger partial charge in [-0.2, -0.15) is 0 Å². The summed E-state index contributed by atoms with van der Waals surface area (Å²) in [4.78, 5) is 0. The van der Waals surface area contributed by atoms with Crippen LogP contribution < -0.4 is 4.74 Å². The van der Waals surface area contributed by atoms with E-state index in [0.29, 0.717) is 6.61 Å². The predicted octanol–water partition coefficient (Wildman–Crippen LogP) is 5.74. The lowest BCUT2D eigenvalue weighted by molar-refractivity contribution is 0.338. The van der Waals surface area contributed by atoms with E-state index in [0.717, 1.165) is 27.8 Å². The number of rotatable bonds is 5. The van der Waals surface area contributed by atoms with Gasteiger partial charge >= 0.3 is 0 Å². The summed E-state index contributed by atoms with van der Waals surface area (Å²) in [6.45, 7) is 4.78. The van der Waals surface area contributed by atoms with Crippen molar-refractivity contribution in [1.29, 1.82) is 0 Å². The zero-order chi connectivity index (χ0) is 14.5. The normalized spacial score (nSPS) is 12.2. The van der Waals surface area contributed by atoms with Gasteiger partial charge in [-0.25, -0.2) is 0 Å². The second kappa shape index (κ2) is 7.14. The zero-order valence-corrected chi connectivity index (χ0v) is 14.0. The van der Waals surface area contributed by atoms with Crippen molar-refractivity contribution in [3.8, 4) is 5.75 Å². The average Bonchev–Trinajstić information content (AvgIpc) is 2.49. The Labute approximate surface area is 134 Å². The van der Waals surface area contributed by atoms with Gasteiger partial charge in [-0.1, -0.05) is 37.3 Å². The molecule has 2 aromatic rings. The van der Waals surface area contributed by atoms with Gasteiger partial charge in [-0.05, 0) is 58.1 Å². The number of hydrogen-bond donors (Lipinski definition) is 0. The fourth-order valence-corrected chi connectivity index (χ4v) is 2.85. The molecule has 0 aliphatic heterocycles. The first-order chi connectivity index (χ1) is 9.65. The van der Waals surface area contributed by atoms with E-state index in [-0.39, 0.29) is 5.38 Å².